The monoisotopic (exact) mass is 347 g/mol. The Morgan fingerprint density at radius 1 is 1.17 bits per heavy atom. The molecule has 0 saturated heterocycles. The molecule has 2 aromatic rings. The van der Waals surface area contributed by atoms with E-state index in [1.807, 2.05) is 0 Å². The van der Waals surface area contributed by atoms with Gasteiger partial charge in [-0.3, -0.25) is 9.59 Å². The number of nitrogens with one attached hydrogen (secondary N) is 1. The van der Waals surface area contributed by atoms with Gasteiger partial charge in [0.2, 0.25) is 0 Å². The number of hydrogen-bond donors (Lipinski definition) is 1. The van der Waals surface area contributed by atoms with E-state index in [2.05, 4.69) is 10.1 Å². The van der Waals surface area contributed by atoms with Crippen molar-refractivity contribution in [2.24, 2.45) is 0 Å². The molecule has 2 rings (SSSR count). The number of amides is 1. The number of carbonyl (C=O) groups is 3. The molecule has 24 heavy (non-hydrogen) atoms. The van der Waals surface area contributed by atoms with E-state index in [4.69, 9.17) is 16.3 Å². The van der Waals surface area contributed by atoms with E-state index in [0.717, 1.165) is 6.29 Å². The van der Waals surface area contributed by atoms with Crippen LogP contribution in [0, 0.1) is 0 Å². The number of rotatable bonds is 6. The predicted molar refractivity (Wildman–Crippen MR) is 88.7 cm³/mol. The third kappa shape index (κ3) is 4.57. The highest BCUT2D eigenvalue weighted by Crippen LogP contribution is 2.21. The molecule has 0 atom stereocenters. The number of aldehydes is 1. The van der Waals surface area contributed by atoms with Gasteiger partial charge in [-0.1, -0.05) is 11.6 Å². The number of carbonyl (C=O) groups excluding carboxylic acids is 3. The molecule has 6 nitrogen and oxygen atoms in total. The zero-order chi connectivity index (χ0) is 17.5. The third-order valence-electron chi connectivity index (χ3n) is 3.04. The number of halogens is 1. The second kappa shape index (κ2) is 8.12. The van der Waals surface area contributed by atoms with Gasteiger partial charge in [-0.05, 0) is 42.5 Å². The topological polar surface area (TPSA) is 81.7 Å². The first-order valence-corrected chi connectivity index (χ1v) is 7.27. The van der Waals surface area contributed by atoms with Gasteiger partial charge in [0.05, 0.1) is 17.7 Å². The zero-order valence-corrected chi connectivity index (χ0v) is 13.5. The number of benzene rings is 2. The maximum absolute atomic E-state index is 11.9. The first kappa shape index (κ1) is 17.5. The standard InChI is InChI=1S/C17H14ClNO5/c1-23-17(22)14-8-12(4-7-15(14)18)19-16(21)10-24-13-5-2-11(9-20)3-6-13/h2-9H,10H2,1H3,(H,19,21). The van der Waals surface area contributed by atoms with Crippen molar-refractivity contribution in [3.05, 3.63) is 58.6 Å². The molecule has 0 aliphatic carbocycles. The van der Waals surface area contributed by atoms with Gasteiger partial charge >= 0.3 is 5.97 Å². The molecule has 2 aromatic carbocycles. The molecule has 1 N–H and O–H groups in total. The van der Waals surface area contributed by atoms with Crippen LogP contribution in [-0.4, -0.2) is 31.9 Å². The van der Waals surface area contributed by atoms with Crippen molar-refractivity contribution in [3.8, 4) is 5.75 Å². The van der Waals surface area contributed by atoms with Crippen LogP contribution >= 0.6 is 11.6 Å². The van der Waals surface area contributed by atoms with E-state index >= 15 is 0 Å². The lowest BCUT2D eigenvalue weighted by Gasteiger charge is -2.09. The molecule has 0 radical (unpaired) electrons. The minimum Gasteiger partial charge on any atom is -0.484 e. The van der Waals surface area contributed by atoms with Gasteiger partial charge in [0, 0.05) is 11.3 Å². The van der Waals surface area contributed by atoms with Gasteiger partial charge in [0.15, 0.2) is 6.61 Å². The van der Waals surface area contributed by atoms with Crippen molar-refractivity contribution >= 4 is 35.5 Å². The predicted octanol–water partition coefficient (Wildman–Crippen LogP) is 2.96. The smallest absolute Gasteiger partial charge is 0.339 e. The average Bonchev–Trinajstić information content (AvgIpc) is 2.61. The van der Waals surface area contributed by atoms with Crippen LogP contribution in [0.3, 0.4) is 0 Å². The molecule has 0 aliphatic rings. The minimum atomic E-state index is -0.595. The maximum Gasteiger partial charge on any atom is 0.339 e. The Balaban J connectivity index is 1.96. The van der Waals surface area contributed by atoms with E-state index in [1.165, 1.54) is 19.2 Å². The molecule has 1 amide bonds. The summed E-state index contributed by atoms with van der Waals surface area (Å²) < 4.78 is 9.93. The van der Waals surface area contributed by atoms with E-state index < -0.39 is 11.9 Å². The van der Waals surface area contributed by atoms with E-state index in [0.29, 0.717) is 17.0 Å². The number of ether oxygens (including phenoxy) is 2. The highest BCUT2D eigenvalue weighted by Gasteiger charge is 2.12. The van der Waals surface area contributed by atoms with Gasteiger partial charge in [0.25, 0.3) is 5.91 Å². The minimum absolute atomic E-state index is 0.155. The fraction of sp³-hybridized carbons (Fsp3) is 0.118. The lowest BCUT2D eigenvalue weighted by Crippen LogP contribution is -2.20. The molecule has 0 fully saturated rings. The molecule has 0 aliphatic heterocycles. The number of esters is 1. The number of anilines is 1. The van der Waals surface area contributed by atoms with Crippen LogP contribution in [-0.2, 0) is 9.53 Å². The second-order valence-electron chi connectivity index (χ2n) is 4.71. The van der Waals surface area contributed by atoms with Crippen LogP contribution in [0.5, 0.6) is 5.75 Å². The molecular weight excluding hydrogens is 334 g/mol. The fourth-order valence-electron chi connectivity index (χ4n) is 1.86. The Bertz CT molecular complexity index is 758. The van der Waals surface area contributed by atoms with Gasteiger partial charge < -0.3 is 14.8 Å². The Morgan fingerprint density at radius 3 is 2.50 bits per heavy atom. The lowest BCUT2D eigenvalue weighted by atomic mass is 10.2. The molecule has 124 valence electrons. The summed E-state index contributed by atoms with van der Waals surface area (Å²) in [6.07, 6.45) is 0.718. The van der Waals surface area contributed by atoms with Crippen LogP contribution in [0.15, 0.2) is 42.5 Å². The van der Waals surface area contributed by atoms with Gasteiger partial charge in [-0.2, -0.15) is 0 Å². The van der Waals surface area contributed by atoms with Crippen molar-refractivity contribution in [3.63, 3.8) is 0 Å². The van der Waals surface area contributed by atoms with E-state index in [9.17, 15) is 14.4 Å². The summed E-state index contributed by atoms with van der Waals surface area (Å²) in [5, 5.41) is 2.82. The van der Waals surface area contributed by atoms with Crippen molar-refractivity contribution in [2.75, 3.05) is 19.0 Å². The molecule has 0 heterocycles. The molecule has 0 saturated carbocycles. The molecule has 7 heteroatoms. The summed E-state index contributed by atoms with van der Waals surface area (Å²) in [6.45, 7) is -0.226. The Hall–Kier alpha value is -2.86. The summed E-state index contributed by atoms with van der Waals surface area (Å²) in [7, 11) is 1.24. The van der Waals surface area contributed by atoms with Crippen molar-refractivity contribution in [2.45, 2.75) is 0 Å². The fourth-order valence-corrected chi connectivity index (χ4v) is 2.05. The quantitative estimate of drug-likeness (QED) is 0.641. The maximum atomic E-state index is 11.9. The van der Waals surface area contributed by atoms with Crippen LogP contribution in [0.4, 0.5) is 5.69 Å². The molecule has 0 unspecified atom stereocenters. The van der Waals surface area contributed by atoms with Gasteiger partial charge in [-0.25, -0.2) is 4.79 Å². The average molecular weight is 348 g/mol. The summed E-state index contributed by atoms with van der Waals surface area (Å²) >= 11 is 5.91. The first-order chi connectivity index (χ1) is 11.5. The second-order valence-corrected chi connectivity index (χ2v) is 5.12. The normalized spacial score (nSPS) is 9.92. The molecule has 0 aromatic heterocycles. The lowest BCUT2D eigenvalue weighted by molar-refractivity contribution is -0.118. The van der Waals surface area contributed by atoms with Crippen LogP contribution in [0.25, 0.3) is 0 Å². The van der Waals surface area contributed by atoms with Gasteiger partial charge in [-0.15, -0.1) is 0 Å². The molecule has 0 bridgehead atoms. The number of hydrogen-bond acceptors (Lipinski definition) is 5. The van der Waals surface area contributed by atoms with E-state index in [1.54, 1.807) is 30.3 Å². The van der Waals surface area contributed by atoms with E-state index in [-0.39, 0.29) is 17.2 Å². The van der Waals surface area contributed by atoms with Crippen LogP contribution < -0.4 is 10.1 Å². The summed E-state index contributed by atoms with van der Waals surface area (Å²) in [5.74, 6) is -0.544. The van der Waals surface area contributed by atoms with Crippen LogP contribution in [0.1, 0.15) is 20.7 Å². The third-order valence-corrected chi connectivity index (χ3v) is 3.37. The summed E-state index contributed by atoms with van der Waals surface area (Å²) in [6, 6.07) is 10.8. The number of methoxy groups -OCH3 is 1. The van der Waals surface area contributed by atoms with Crippen molar-refractivity contribution < 1.29 is 23.9 Å². The van der Waals surface area contributed by atoms with Gasteiger partial charge in [0.1, 0.15) is 12.0 Å². The largest absolute Gasteiger partial charge is 0.484 e. The Labute approximate surface area is 143 Å². The summed E-state index contributed by atoms with van der Waals surface area (Å²) in [4.78, 5) is 34.0. The summed E-state index contributed by atoms with van der Waals surface area (Å²) in [5.41, 5.74) is 1.07. The molecular formula is C17H14ClNO5. The van der Waals surface area contributed by atoms with Crippen molar-refractivity contribution in [1.29, 1.82) is 0 Å². The van der Waals surface area contributed by atoms with Crippen LogP contribution in [0.2, 0.25) is 5.02 Å². The highest BCUT2D eigenvalue weighted by molar-refractivity contribution is 6.33. The highest BCUT2D eigenvalue weighted by atomic mass is 35.5. The zero-order valence-electron chi connectivity index (χ0n) is 12.7. The SMILES string of the molecule is COC(=O)c1cc(NC(=O)COc2ccc(C=O)cc2)ccc1Cl. The molecule has 0 spiro atoms. The first-order valence-electron chi connectivity index (χ1n) is 6.89. The Morgan fingerprint density at radius 2 is 1.88 bits per heavy atom. The van der Waals surface area contributed by atoms with Crippen molar-refractivity contribution in [1.82, 2.24) is 0 Å². The Kier molecular flexibility index (Phi) is 5.92.